The first-order chi connectivity index (χ1) is 19.6. The zero-order valence-electron chi connectivity index (χ0n) is 25.3. The molecular weight excluding hydrogens is 512 g/mol. The van der Waals surface area contributed by atoms with E-state index in [2.05, 4.69) is 36.0 Å². The van der Waals surface area contributed by atoms with Crippen molar-refractivity contribution in [2.45, 2.75) is 73.3 Å². The number of oxazole rings is 1. The summed E-state index contributed by atoms with van der Waals surface area (Å²) in [5.41, 5.74) is 5.71. The summed E-state index contributed by atoms with van der Waals surface area (Å²) in [4.78, 5) is 35.7. The normalized spacial score (nSPS) is 16.5. The smallest absolute Gasteiger partial charge is 0.258 e. The molecule has 2 aromatic carbocycles. The molecule has 7 heteroatoms. The molecular formula is C34H44N4O3. The number of aryl methyl sites for hydroxylation is 3. The number of rotatable bonds is 6. The van der Waals surface area contributed by atoms with E-state index in [1.54, 1.807) is 0 Å². The van der Waals surface area contributed by atoms with Gasteiger partial charge >= 0.3 is 0 Å². The van der Waals surface area contributed by atoms with E-state index in [0.29, 0.717) is 30.0 Å². The van der Waals surface area contributed by atoms with E-state index in [1.165, 1.54) is 6.42 Å². The Balaban J connectivity index is 1.22. The zero-order chi connectivity index (χ0) is 29.1. The summed E-state index contributed by atoms with van der Waals surface area (Å²) < 4.78 is 5.97. The molecule has 41 heavy (non-hydrogen) atoms. The van der Waals surface area contributed by atoms with Gasteiger partial charge in [-0.3, -0.25) is 9.59 Å². The maximum absolute atomic E-state index is 13.8. The molecule has 0 saturated carbocycles. The van der Waals surface area contributed by atoms with Crippen LogP contribution in [0.3, 0.4) is 0 Å². The maximum Gasteiger partial charge on any atom is 0.258 e. The van der Waals surface area contributed by atoms with E-state index in [4.69, 9.17) is 4.42 Å². The Kier molecular flexibility index (Phi) is 8.64. The van der Waals surface area contributed by atoms with Crippen molar-refractivity contribution in [1.29, 1.82) is 0 Å². The summed E-state index contributed by atoms with van der Waals surface area (Å²) in [6.45, 7) is 14.9. The van der Waals surface area contributed by atoms with Crippen LogP contribution >= 0.6 is 0 Å². The number of piperidine rings is 1. The third-order valence-electron chi connectivity index (χ3n) is 8.46. The molecule has 0 aliphatic carbocycles. The van der Waals surface area contributed by atoms with Crippen LogP contribution in [0.15, 0.2) is 46.9 Å². The SMILES string of the molecule is Cc1nc2c(o1)-c1ccccc1N(C(=O)c1ccc(CNC(=O)C3CCN(CCC(C)(C)C)CC3)c(C)c1)CCC2. The number of aromatic nitrogens is 1. The summed E-state index contributed by atoms with van der Waals surface area (Å²) in [7, 11) is 0. The summed E-state index contributed by atoms with van der Waals surface area (Å²) >= 11 is 0. The molecule has 1 N–H and O–H groups in total. The van der Waals surface area contributed by atoms with Gasteiger partial charge < -0.3 is 19.5 Å². The van der Waals surface area contributed by atoms with Crippen molar-refractivity contribution in [2.24, 2.45) is 11.3 Å². The van der Waals surface area contributed by atoms with Crippen molar-refractivity contribution in [2.75, 3.05) is 31.1 Å². The van der Waals surface area contributed by atoms with E-state index >= 15 is 0 Å². The molecule has 5 rings (SSSR count). The molecule has 2 aliphatic rings. The Morgan fingerprint density at radius 1 is 1.05 bits per heavy atom. The Hall–Kier alpha value is -3.45. The molecule has 3 heterocycles. The molecule has 1 aromatic heterocycles. The van der Waals surface area contributed by atoms with Crippen LogP contribution in [0, 0.1) is 25.2 Å². The molecule has 7 nitrogen and oxygen atoms in total. The number of likely N-dealkylation sites (tertiary alicyclic amines) is 1. The van der Waals surface area contributed by atoms with Gasteiger partial charge in [-0.25, -0.2) is 4.98 Å². The number of benzene rings is 2. The number of amides is 2. The van der Waals surface area contributed by atoms with E-state index in [1.807, 2.05) is 61.2 Å². The van der Waals surface area contributed by atoms with Crippen LogP contribution in [0.2, 0.25) is 0 Å². The predicted molar refractivity (Wildman–Crippen MR) is 163 cm³/mol. The number of nitrogens with one attached hydrogen (secondary N) is 1. The van der Waals surface area contributed by atoms with Gasteiger partial charge in [-0.2, -0.15) is 0 Å². The average molecular weight is 557 g/mol. The van der Waals surface area contributed by atoms with Crippen molar-refractivity contribution < 1.29 is 14.0 Å². The largest absolute Gasteiger partial charge is 0.441 e. The van der Waals surface area contributed by atoms with Crippen LogP contribution in [-0.4, -0.2) is 47.9 Å². The number of nitrogens with zero attached hydrogens (tertiary/aromatic N) is 3. The van der Waals surface area contributed by atoms with Crippen LogP contribution in [-0.2, 0) is 17.8 Å². The van der Waals surface area contributed by atoms with Crippen molar-refractivity contribution in [3.8, 4) is 11.3 Å². The Morgan fingerprint density at radius 3 is 2.54 bits per heavy atom. The number of para-hydroxylation sites is 1. The topological polar surface area (TPSA) is 78.7 Å². The standard InChI is InChI=1S/C34H44N4O3/c1-23-21-26(12-13-27(23)22-35-32(39)25-14-18-37(19-15-25)20-16-34(3,4)5)33(40)38-17-8-10-29-31(41-24(2)36-29)28-9-6-7-11-30(28)38/h6-7,9,11-13,21,25H,8,10,14-20,22H2,1-5H3,(H,35,39). The average Bonchev–Trinajstić information content (AvgIpc) is 3.31. The van der Waals surface area contributed by atoms with E-state index in [-0.39, 0.29) is 17.7 Å². The first-order valence-electron chi connectivity index (χ1n) is 15.1. The van der Waals surface area contributed by atoms with Gasteiger partial charge in [-0.15, -0.1) is 0 Å². The second-order valence-electron chi connectivity index (χ2n) is 12.9. The van der Waals surface area contributed by atoms with Gasteiger partial charge in [-0.1, -0.05) is 39.0 Å². The highest BCUT2D eigenvalue weighted by Crippen LogP contribution is 2.37. The molecule has 2 aliphatic heterocycles. The fraction of sp³-hybridized carbons (Fsp3) is 0.500. The first-order valence-corrected chi connectivity index (χ1v) is 15.1. The Morgan fingerprint density at radius 2 is 1.80 bits per heavy atom. The van der Waals surface area contributed by atoms with E-state index < -0.39 is 0 Å². The lowest BCUT2D eigenvalue weighted by Gasteiger charge is -2.33. The van der Waals surface area contributed by atoms with Crippen molar-refractivity contribution >= 4 is 17.5 Å². The second kappa shape index (κ2) is 12.2. The molecule has 0 bridgehead atoms. The number of hydrogen-bond donors (Lipinski definition) is 1. The third kappa shape index (κ3) is 6.89. The second-order valence-corrected chi connectivity index (χ2v) is 12.9. The van der Waals surface area contributed by atoms with Crippen LogP contribution < -0.4 is 10.2 Å². The number of carbonyl (C=O) groups excluding carboxylic acids is 2. The minimum Gasteiger partial charge on any atom is -0.441 e. The highest BCUT2D eigenvalue weighted by Gasteiger charge is 2.28. The lowest BCUT2D eigenvalue weighted by Crippen LogP contribution is -2.41. The molecule has 3 aromatic rings. The minimum atomic E-state index is -0.0333. The van der Waals surface area contributed by atoms with Gasteiger partial charge in [0, 0.05) is 37.1 Å². The monoisotopic (exact) mass is 556 g/mol. The zero-order valence-corrected chi connectivity index (χ0v) is 25.3. The molecule has 1 fully saturated rings. The van der Waals surface area contributed by atoms with Crippen LogP contribution in [0.5, 0.6) is 0 Å². The summed E-state index contributed by atoms with van der Waals surface area (Å²) in [5.74, 6) is 1.58. The van der Waals surface area contributed by atoms with E-state index in [9.17, 15) is 9.59 Å². The van der Waals surface area contributed by atoms with Crippen molar-refractivity contribution in [3.63, 3.8) is 0 Å². The molecule has 0 atom stereocenters. The molecule has 218 valence electrons. The summed E-state index contributed by atoms with van der Waals surface area (Å²) in [6, 6.07) is 13.7. The van der Waals surface area contributed by atoms with Gasteiger partial charge in [0.05, 0.1) is 11.4 Å². The van der Waals surface area contributed by atoms with Gasteiger partial charge in [-0.05, 0) is 99.5 Å². The third-order valence-corrected chi connectivity index (χ3v) is 8.46. The van der Waals surface area contributed by atoms with Crippen LogP contribution in [0.4, 0.5) is 5.69 Å². The van der Waals surface area contributed by atoms with Crippen molar-refractivity contribution in [1.82, 2.24) is 15.2 Å². The molecule has 0 radical (unpaired) electrons. The lowest BCUT2D eigenvalue weighted by atomic mass is 9.90. The number of hydrogen-bond acceptors (Lipinski definition) is 5. The fourth-order valence-electron chi connectivity index (χ4n) is 5.91. The number of carbonyl (C=O) groups is 2. The van der Waals surface area contributed by atoms with Crippen LogP contribution in [0.25, 0.3) is 11.3 Å². The highest BCUT2D eigenvalue weighted by atomic mass is 16.4. The maximum atomic E-state index is 13.8. The van der Waals surface area contributed by atoms with Gasteiger partial charge in [0.1, 0.15) is 0 Å². The fourth-order valence-corrected chi connectivity index (χ4v) is 5.91. The minimum absolute atomic E-state index is 0.0333. The first kappa shape index (κ1) is 29.1. The van der Waals surface area contributed by atoms with E-state index in [0.717, 1.165) is 79.1 Å². The van der Waals surface area contributed by atoms with Gasteiger partial charge in [0.25, 0.3) is 5.91 Å². The Bertz CT molecular complexity index is 1400. The van der Waals surface area contributed by atoms with Crippen LogP contribution in [0.1, 0.15) is 79.5 Å². The summed E-state index contributed by atoms with van der Waals surface area (Å²) in [6.07, 6.45) is 4.56. The molecule has 0 spiro atoms. The predicted octanol–water partition coefficient (Wildman–Crippen LogP) is 6.32. The molecule has 0 unspecified atom stereocenters. The highest BCUT2D eigenvalue weighted by molar-refractivity contribution is 6.08. The molecule has 2 amide bonds. The Labute approximate surface area is 244 Å². The van der Waals surface area contributed by atoms with Gasteiger partial charge in [0.2, 0.25) is 5.91 Å². The van der Waals surface area contributed by atoms with Gasteiger partial charge in [0.15, 0.2) is 11.7 Å². The quantitative estimate of drug-likeness (QED) is 0.385. The lowest BCUT2D eigenvalue weighted by molar-refractivity contribution is -0.126. The number of anilines is 1. The molecule has 1 saturated heterocycles. The summed E-state index contributed by atoms with van der Waals surface area (Å²) in [5, 5.41) is 3.16. The van der Waals surface area contributed by atoms with Crippen molar-refractivity contribution in [3.05, 3.63) is 70.7 Å². The number of fused-ring (bicyclic) bond motifs is 3.